The summed E-state index contributed by atoms with van der Waals surface area (Å²) in [6, 6.07) is 6.26. The number of nitrogens with one attached hydrogen (secondary N) is 2. The molecule has 7 heteroatoms. The van der Waals surface area contributed by atoms with Crippen molar-refractivity contribution in [3.05, 3.63) is 40.1 Å². The van der Waals surface area contributed by atoms with Crippen molar-refractivity contribution in [3.8, 4) is 0 Å². The maximum Gasteiger partial charge on any atom is 0.270 e. The zero-order valence-corrected chi connectivity index (χ0v) is 11.8. The summed E-state index contributed by atoms with van der Waals surface area (Å²) in [6.45, 7) is 4.34. The minimum absolute atomic E-state index is 0.00536. The Morgan fingerprint density at radius 3 is 2.81 bits per heavy atom. The lowest BCUT2D eigenvalue weighted by Gasteiger charge is -2.10. The normalized spacial score (nSPS) is 10.4. The van der Waals surface area contributed by atoms with E-state index in [4.69, 9.17) is 0 Å². The lowest BCUT2D eigenvalue weighted by atomic mass is 10.1. The summed E-state index contributed by atoms with van der Waals surface area (Å²) in [5, 5.41) is 17.2. The Balaban J connectivity index is 2.38. The molecule has 0 aliphatic rings. The SMILES string of the molecule is CCNC(=O)CNc1cc(C)nc2ccc([N+](=O)[O-])cc12. The van der Waals surface area contributed by atoms with Crippen LogP contribution in [0.4, 0.5) is 11.4 Å². The van der Waals surface area contributed by atoms with Crippen molar-refractivity contribution in [2.75, 3.05) is 18.4 Å². The largest absolute Gasteiger partial charge is 0.376 e. The predicted molar refractivity (Wildman–Crippen MR) is 80.3 cm³/mol. The van der Waals surface area contributed by atoms with Gasteiger partial charge in [-0.3, -0.25) is 19.9 Å². The Kier molecular flexibility index (Phi) is 4.32. The number of pyridine rings is 1. The summed E-state index contributed by atoms with van der Waals surface area (Å²) < 4.78 is 0. The van der Waals surface area contributed by atoms with Crippen molar-refractivity contribution >= 4 is 28.2 Å². The van der Waals surface area contributed by atoms with Gasteiger partial charge in [0.25, 0.3) is 5.69 Å². The zero-order valence-electron chi connectivity index (χ0n) is 11.8. The fraction of sp³-hybridized carbons (Fsp3) is 0.286. The number of non-ortho nitro benzene ring substituents is 1. The molecule has 0 atom stereocenters. The van der Waals surface area contributed by atoms with Crippen LogP contribution in [0, 0.1) is 17.0 Å². The number of carbonyl (C=O) groups excluding carboxylic acids is 1. The number of aromatic nitrogens is 1. The van der Waals surface area contributed by atoms with Gasteiger partial charge in [-0.1, -0.05) is 0 Å². The molecule has 2 rings (SSSR count). The molecule has 1 aromatic heterocycles. The number of aryl methyl sites for hydroxylation is 1. The molecule has 2 N–H and O–H groups in total. The van der Waals surface area contributed by atoms with Crippen LogP contribution in [-0.2, 0) is 4.79 Å². The van der Waals surface area contributed by atoms with Gasteiger partial charge in [0.1, 0.15) is 0 Å². The van der Waals surface area contributed by atoms with Gasteiger partial charge < -0.3 is 10.6 Å². The first kappa shape index (κ1) is 14.7. The topological polar surface area (TPSA) is 97.2 Å². The van der Waals surface area contributed by atoms with E-state index in [0.717, 1.165) is 5.69 Å². The number of hydrogen-bond donors (Lipinski definition) is 2. The minimum Gasteiger partial charge on any atom is -0.376 e. The first-order chi connectivity index (χ1) is 10.0. The molecule has 0 saturated carbocycles. The first-order valence-corrected chi connectivity index (χ1v) is 6.57. The maximum absolute atomic E-state index is 11.5. The van der Waals surface area contributed by atoms with E-state index in [2.05, 4.69) is 15.6 Å². The van der Waals surface area contributed by atoms with Crippen molar-refractivity contribution in [2.45, 2.75) is 13.8 Å². The molecule has 0 spiro atoms. The van der Waals surface area contributed by atoms with Crippen LogP contribution < -0.4 is 10.6 Å². The van der Waals surface area contributed by atoms with Crippen LogP contribution in [0.1, 0.15) is 12.6 Å². The van der Waals surface area contributed by atoms with Gasteiger partial charge in [-0.05, 0) is 26.0 Å². The molecule has 21 heavy (non-hydrogen) atoms. The van der Waals surface area contributed by atoms with E-state index in [-0.39, 0.29) is 18.1 Å². The second-order valence-electron chi connectivity index (χ2n) is 4.58. The number of rotatable bonds is 5. The van der Waals surface area contributed by atoms with Crippen LogP contribution in [0.25, 0.3) is 10.9 Å². The molecule has 0 aliphatic carbocycles. The summed E-state index contributed by atoms with van der Waals surface area (Å²) in [5.41, 5.74) is 2.08. The average molecular weight is 288 g/mol. The van der Waals surface area contributed by atoms with Crippen molar-refractivity contribution < 1.29 is 9.72 Å². The van der Waals surface area contributed by atoms with Crippen LogP contribution in [0.2, 0.25) is 0 Å². The van der Waals surface area contributed by atoms with E-state index in [9.17, 15) is 14.9 Å². The van der Waals surface area contributed by atoms with Gasteiger partial charge in [0.15, 0.2) is 0 Å². The summed E-state index contributed by atoms with van der Waals surface area (Å²) in [4.78, 5) is 26.3. The van der Waals surface area contributed by atoms with Crippen molar-refractivity contribution in [1.82, 2.24) is 10.3 Å². The molecule has 0 bridgehead atoms. The van der Waals surface area contributed by atoms with Crippen LogP contribution in [0.15, 0.2) is 24.3 Å². The highest BCUT2D eigenvalue weighted by Gasteiger charge is 2.11. The van der Waals surface area contributed by atoms with Gasteiger partial charge in [-0.25, -0.2) is 0 Å². The zero-order chi connectivity index (χ0) is 15.4. The number of nitro groups is 1. The van der Waals surface area contributed by atoms with Gasteiger partial charge in [0.2, 0.25) is 5.91 Å². The molecule has 110 valence electrons. The van der Waals surface area contributed by atoms with Crippen LogP contribution in [-0.4, -0.2) is 28.9 Å². The molecule has 0 saturated heterocycles. The fourth-order valence-electron chi connectivity index (χ4n) is 2.04. The number of nitrogens with zero attached hydrogens (tertiary/aromatic N) is 2. The molecule has 7 nitrogen and oxygen atoms in total. The predicted octanol–water partition coefficient (Wildman–Crippen LogP) is 2.00. The number of nitro benzene ring substituents is 1. The Hall–Kier alpha value is -2.70. The molecular formula is C14H16N4O3. The molecule has 0 unspecified atom stereocenters. The summed E-state index contributed by atoms with van der Waals surface area (Å²) in [6.07, 6.45) is 0. The first-order valence-electron chi connectivity index (χ1n) is 6.57. The summed E-state index contributed by atoms with van der Waals surface area (Å²) >= 11 is 0. The number of carbonyl (C=O) groups is 1. The van der Waals surface area contributed by atoms with Gasteiger partial charge in [0.05, 0.1) is 17.0 Å². The molecule has 1 heterocycles. The van der Waals surface area contributed by atoms with Gasteiger partial charge in [-0.15, -0.1) is 0 Å². The Morgan fingerprint density at radius 1 is 1.38 bits per heavy atom. The Morgan fingerprint density at radius 2 is 2.14 bits per heavy atom. The number of hydrogen-bond acceptors (Lipinski definition) is 5. The molecule has 1 amide bonds. The molecule has 2 aromatic rings. The summed E-state index contributed by atoms with van der Waals surface area (Å²) in [5.74, 6) is -0.134. The number of likely N-dealkylation sites (N-methyl/N-ethyl adjacent to an activating group) is 1. The third kappa shape index (κ3) is 3.44. The van der Waals surface area contributed by atoms with E-state index in [1.165, 1.54) is 12.1 Å². The average Bonchev–Trinajstić information content (AvgIpc) is 2.44. The van der Waals surface area contributed by atoms with Gasteiger partial charge in [-0.2, -0.15) is 0 Å². The van der Waals surface area contributed by atoms with Crippen molar-refractivity contribution in [2.24, 2.45) is 0 Å². The van der Waals surface area contributed by atoms with Gasteiger partial charge >= 0.3 is 0 Å². The lowest BCUT2D eigenvalue weighted by Crippen LogP contribution is -2.29. The van der Waals surface area contributed by atoms with Crippen molar-refractivity contribution in [1.29, 1.82) is 0 Å². The Bertz CT molecular complexity index is 700. The highest BCUT2D eigenvalue weighted by atomic mass is 16.6. The highest BCUT2D eigenvalue weighted by Crippen LogP contribution is 2.27. The molecule has 1 aromatic carbocycles. The Labute approximate surface area is 121 Å². The summed E-state index contributed by atoms with van der Waals surface area (Å²) in [7, 11) is 0. The molecule has 0 radical (unpaired) electrons. The van der Waals surface area contributed by atoms with Crippen LogP contribution in [0.5, 0.6) is 0 Å². The van der Waals surface area contributed by atoms with E-state index >= 15 is 0 Å². The van der Waals surface area contributed by atoms with Crippen LogP contribution >= 0.6 is 0 Å². The van der Waals surface area contributed by atoms with Crippen molar-refractivity contribution in [3.63, 3.8) is 0 Å². The number of benzene rings is 1. The number of fused-ring (bicyclic) bond motifs is 1. The lowest BCUT2D eigenvalue weighted by molar-refractivity contribution is -0.384. The second kappa shape index (κ2) is 6.17. The maximum atomic E-state index is 11.5. The monoisotopic (exact) mass is 288 g/mol. The smallest absolute Gasteiger partial charge is 0.270 e. The van der Waals surface area contributed by atoms with E-state index in [0.29, 0.717) is 23.1 Å². The van der Waals surface area contributed by atoms with Gasteiger partial charge in [0, 0.05) is 35.4 Å². The van der Waals surface area contributed by atoms with Crippen LogP contribution in [0.3, 0.4) is 0 Å². The molecular weight excluding hydrogens is 272 g/mol. The fourth-order valence-corrected chi connectivity index (χ4v) is 2.04. The van der Waals surface area contributed by atoms with E-state index in [1.54, 1.807) is 12.1 Å². The second-order valence-corrected chi connectivity index (χ2v) is 4.58. The highest BCUT2D eigenvalue weighted by molar-refractivity contribution is 5.94. The number of anilines is 1. The molecule has 0 aliphatic heterocycles. The number of amides is 1. The quantitative estimate of drug-likeness (QED) is 0.648. The van der Waals surface area contributed by atoms with E-state index in [1.807, 2.05) is 13.8 Å². The van der Waals surface area contributed by atoms with E-state index < -0.39 is 4.92 Å². The molecule has 0 fully saturated rings. The third-order valence-electron chi connectivity index (χ3n) is 2.94. The standard InChI is InChI=1S/C14H16N4O3/c1-3-15-14(19)8-16-13-6-9(2)17-12-5-4-10(18(20)21)7-11(12)13/h4-7H,3,8H2,1-2H3,(H,15,19)(H,16,17). The third-order valence-corrected chi connectivity index (χ3v) is 2.94. The minimum atomic E-state index is -0.452.